The van der Waals surface area contributed by atoms with Crippen LogP contribution in [0.3, 0.4) is 0 Å². The van der Waals surface area contributed by atoms with Crippen LogP contribution in [-0.2, 0) is 11.2 Å². The lowest BCUT2D eigenvalue weighted by Gasteiger charge is -2.21. The Morgan fingerprint density at radius 3 is 2.37 bits per heavy atom. The number of thioether (sulfide) groups is 1. The number of halogens is 1. The molecule has 0 radical (unpaired) electrons. The van der Waals surface area contributed by atoms with Crippen molar-refractivity contribution in [1.82, 2.24) is 5.32 Å². The van der Waals surface area contributed by atoms with Crippen LogP contribution in [0, 0.1) is 0 Å². The molecule has 6 nitrogen and oxygen atoms in total. The quantitative estimate of drug-likeness (QED) is 0.688. The van der Waals surface area contributed by atoms with Crippen LogP contribution >= 0.6 is 23.4 Å². The molecule has 0 unspecified atom stereocenters. The highest BCUT2D eigenvalue weighted by molar-refractivity contribution is 7.98. The second-order valence-electron chi connectivity index (χ2n) is 6.84. The molecule has 1 atom stereocenters. The highest BCUT2D eigenvalue weighted by Gasteiger charge is 2.32. The molecule has 1 amide bonds. The van der Waals surface area contributed by atoms with Crippen molar-refractivity contribution in [3.63, 3.8) is 0 Å². The fourth-order valence-corrected chi connectivity index (χ4v) is 4.75. The normalized spacial score (nSPS) is 14.8. The molecule has 2 aromatic rings. The van der Waals surface area contributed by atoms with Crippen LogP contribution in [0.2, 0.25) is 5.02 Å². The zero-order valence-corrected chi connectivity index (χ0v) is 19.1. The number of rotatable bonds is 5. The molecule has 2 aromatic carbocycles. The second kappa shape index (κ2) is 9.18. The molecule has 1 aliphatic rings. The Hall–Kier alpha value is -2.38. The maximum absolute atomic E-state index is 12.8. The first-order valence-electron chi connectivity index (χ1n) is 9.37. The lowest BCUT2D eigenvalue weighted by Crippen LogP contribution is -2.26. The third-order valence-corrected chi connectivity index (χ3v) is 6.36. The van der Waals surface area contributed by atoms with Crippen LogP contribution < -0.4 is 25.0 Å². The average Bonchev–Trinajstić information content (AvgIpc) is 2.96. The molecule has 3 rings (SSSR count). The van der Waals surface area contributed by atoms with Crippen molar-refractivity contribution in [3.8, 4) is 28.4 Å². The molecule has 160 valence electrons. The van der Waals surface area contributed by atoms with Crippen molar-refractivity contribution in [1.29, 1.82) is 0 Å². The zero-order chi connectivity index (χ0) is 22.0. The molecule has 0 aliphatic heterocycles. The van der Waals surface area contributed by atoms with E-state index in [1.807, 2.05) is 12.3 Å². The van der Waals surface area contributed by atoms with E-state index in [-0.39, 0.29) is 17.4 Å². The van der Waals surface area contributed by atoms with Gasteiger partial charge >= 0.3 is 0 Å². The summed E-state index contributed by atoms with van der Waals surface area (Å²) in [6.45, 7) is 1.46. The minimum Gasteiger partial charge on any atom is -0.492 e. The summed E-state index contributed by atoms with van der Waals surface area (Å²) in [6.07, 6.45) is 2.97. The first kappa shape index (κ1) is 22.3. The predicted molar refractivity (Wildman–Crippen MR) is 119 cm³/mol. The van der Waals surface area contributed by atoms with Crippen LogP contribution in [0.15, 0.2) is 27.9 Å². The number of benzene rings is 1. The molecule has 0 fully saturated rings. The summed E-state index contributed by atoms with van der Waals surface area (Å²) in [5, 5.41) is 3.40. The zero-order valence-electron chi connectivity index (χ0n) is 17.6. The topological polar surface area (TPSA) is 73.9 Å². The maximum Gasteiger partial charge on any atom is 0.217 e. The van der Waals surface area contributed by atoms with E-state index in [9.17, 15) is 9.59 Å². The van der Waals surface area contributed by atoms with E-state index < -0.39 is 0 Å². The van der Waals surface area contributed by atoms with Crippen molar-refractivity contribution < 1.29 is 19.0 Å². The molecule has 30 heavy (non-hydrogen) atoms. The molecule has 0 heterocycles. The average molecular weight is 450 g/mol. The van der Waals surface area contributed by atoms with Gasteiger partial charge in [0.2, 0.25) is 11.7 Å². The van der Waals surface area contributed by atoms with Gasteiger partial charge in [0.25, 0.3) is 0 Å². The summed E-state index contributed by atoms with van der Waals surface area (Å²) in [5.41, 5.74) is 2.94. The van der Waals surface area contributed by atoms with Gasteiger partial charge in [-0.2, -0.15) is 0 Å². The van der Waals surface area contributed by atoms with Crippen LogP contribution in [0.4, 0.5) is 0 Å². The van der Waals surface area contributed by atoms with E-state index >= 15 is 0 Å². The van der Waals surface area contributed by atoms with Gasteiger partial charge in [-0.3, -0.25) is 9.59 Å². The van der Waals surface area contributed by atoms with Gasteiger partial charge in [0.05, 0.1) is 37.3 Å². The smallest absolute Gasteiger partial charge is 0.217 e. The van der Waals surface area contributed by atoms with E-state index in [0.29, 0.717) is 40.0 Å². The van der Waals surface area contributed by atoms with Crippen LogP contribution in [-0.4, -0.2) is 33.5 Å². The first-order chi connectivity index (χ1) is 14.4. The van der Waals surface area contributed by atoms with E-state index in [2.05, 4.69) is 5.32 Å². The lowest BCUT2D eigenvalue weighted by atomic mass is 9.95. The van der Waals surface area contributed by atoms with E-state index in [4.69, 9.17) is 25.8 Å². The number of carbonyl (C=O) groups excluding carboxylic acids is 1. The van der Waals surface area contributed by atoms with Gasteiger partial charge in [-0.15, -0.1) is 11.8 Å². The van der Waals surface area contributed by atoms with E-state index in [1.54, 1.807) is 19.2 Å². The largest absolute Gasteiger partial charge is 0.492 e. The predicted octanol–water partition coefficient (Wildman–Crippen LogP) is 4.24. The van der Waals surface area contributed by atoms with Gasteiger partial charge in [-0.25, -0.2) is 0 Å². The van der Waals surface area contributed by atoms with Gasteiger partial charge < -0.3 is 19.5 Å². The second-order valence-corrected chi connectivity index (χ2v) is 8.06. The Bertz CT molecular complexity index is 1060. The summed E-state index contributed by atoms with van der Waals surface area (Å²) < 4.78 is 16.8. The fraction of sp³-hybridized carbons (Fsp3) is 0.364. The molecule has 0 bridgehead atoms. The molecule has 8 heteroatoms. The number of carbonyl (C=O) groups is 1. The molecule has 0 saturated carbocycles. The summed E-state index contributed by atoms with van der Waals surface area (Å²) >= 11 is 8.12. The van der Waals surface area contributed by atoms with Crippen molar-refractivity contribution in [2.24, 2.45) is 0 Å². The van der Waals surface area contributed by atoms with Crippen molar-refractivity contribution in [3.05, 3.63) is 44.6 Å². The fourth-order valence-electron chi connectivity index (χ4n) is 3.93. The SMILES string of the molecule is COc1c(Cl)c2c(c(OC)c1OC)-c1ccc(SC)c(=O)cc1[C@@H](NC(C)=O)CC2. The van der Waals surface area contributed by atoms with Crippen molar-refractivity contribution in [2.45, 2.75) is 30.7 Å². The molecule has 0 saturated heterocycles. The minimum absolute atomic E-state index is 0.104. The highest BCUT2D eigenvalue weighted by atomic mass is 35.5. The maximum atomic E-state index is 12.8. The van der Waals surface area contributed by atoms with E-state index in [0.717, 1.165) is 22.3 Å². The molecule has 1 N–H and O–H groups in total. The summed E-state index contributed by atoms with van der Waals surface area (Å²) in [6, 6.07) is 4.92. The number of nitrogens with one attached hydrogen (secondary N) is 1. The molecule has 1 aliphatic carbocycles. The van der Waals surface area contributed by atoms with Gasteiger partial charge in [-0.1, -0.05) is 17.7 Å². The number of fused-ring (bicyclic) bond motifs is 3. The molecule has 0 aromatic heterocycles. The van der Waals surface area contributed by atoms with Crippen molar-refractivity contribution in [2.75, 3.05) is 27.6 Å². The summed E-state index contributed by atoms with van der Waals surface area (Å²) in [4.78, 5) is 25.3. The molecular formula is C22H24ClNO5S. The van der Waals surface area contributed by atoms with Gasteiger partial charge in [0.15, 0.2) is 16.9 Å². The molecular weight excluding hydrogens is 426 g/mol. The molecule has 0 spiro atoms. The van der Waals surface area contributed by atoms with Gasteiger partial charge in [0.1, 0.15) is 0 Å². The van der Waals surface area contributed by atoms with Crippen molar-refractivity contribution >= 4 is 29.3 Å². The lowest BCUT2D eigenvalue weighted by molar-refractivity contribution is -0.119. The van der Waals surface area contributed by atoms with Gasteiger partial charge in [0, 0.05) is 12.5 Å². The monoisotopic (exact) mass is 449 g/mol. The Labute approximate surface area is 184 Å². The van der Waals surface area contributed by atoms with Crippen LogP contribution in [0.5, 0.6) is 17.2 Å². The Kier molecular flexibility index (Phi) is 6.83. The third-order valence-electron chi connectivity index (χ3n) is 5.18. The third kappa shape index (κ3) is 3.84. The number of hydrogen-bond acceptors (Lipinski definition) is 6. The number of methoxy groups -OCH3 is 3. The summed E-state index contributed by atoms with van der Waals surface area (Å²) in [7, 11) is 4.60. The van der Waals surface area contributed by atoms with E-state index in [1.165, 1.54) is 32.9 Å². The number of amides is 1. The minimum atomic E-state index is -0.350. The number of hydrogen-bond donors (Lipinski definition) is 1. The summed E-state index contributed by atoms with van der Waals surface area (Å²) in [5.74, 6) is 1.08. The Morgan fingerprint density at radius 2 is 1.80 bits per heavy atom. The Balaban J connectivity index is 2.47. The highest BCUT2D eigenvalue weighted by Crippen LogP contribution is 2.54. The number of ether oxygens (including phenoxy) is 3. The first-order valence-corrected chi connectivity index (χ1v) is 11.0. The van der Waals surface area contributed by atoms with Crippen LogP contribution in [0.25, 0.3) is 11.1 Å². The standard InChI is InChI=1S/C22H24ClNO5S/c1-11(25)24-15-8-6-13-18(12-7-9-17(30-5)16(26)10-14(12)15)20(27-2)22(29-4)21(28-3)19(13)23/h7,9-10,15H,6,8H2,1-5H3,(H,24,25)/t15-/m0/s1. The van der Waals surface area contributed by atoms with Gasteiger partial charge in [-0.05, 0) is 47.9 Å². The Morgan fingerprint density at radius 1 is 1.13 bits per heavy atom. The van der Waals surface area contributed by atoms with Crippen LogP contribution in [0.1, 0.15) is 30.5 Å².